The second-order valence-corrected chi connectivity index (χ2v) is 5.66. The zero-order valence-corrected chi connectivity index (χ0v) is 12.2. The molecule has 2 nitrogen and oxygen atoms in total. The molecule has 102 valence electrons. The van der Waals surface area contributed by atoms with E-state index in [9.17, 15) is 13.2 Å². The Kier molecular flexibility index (Phi) is 5.28. The molecule has 1 rings (SSSR count). The minimum absolute atomic E-state index is 0.170. The van der Waals surface area contributed by atoms with Crippen molar-refractivity contribution in [2.45, 2.75) is 25.4 Å². The van der Waals surface area contributed by atoms with Crippen LogP contribution < -0.4 is 5.32 Å². The van der Waals surface area contributed by atoms with Crippen LogP contribution in [-0.4, -0.2) is 16.9 Å². The van der Waals surface area contributed by atoms with E-state index in [1.165, 1.54) is 6.20 Å². The summed E-state index contributed by atoms with van der Waals surface area (Å²) < 4.78 is 38.6. The third-order valence-electron chi connectivity index (χ3n) is 2.35. The molecule has 1 heterocycles. The lowest BCUT2D eigenvalue weighted by Crippen LogP contribution is -2.22. The number of hydrogen-bond donors (Lipinski definition) is 1. The van der Waals surface area contributed by atoms with Gasteiger partial charge in [-0.15, -0.1) is 11.6 Å². The first-order valence-electron chi connectivity index (χ1n) is 5.32. The average Bonchev–Trinajstić information content (AvgIpc) is 2.25. The van der Waals surface area contributed by atoms with Gasteiger partial charge in [0, 0.05) is 17.2 Å². The van der Waals surface area contributed by atoms with Gasteiger partial charge in [0.2, 0.25) is 0 Å². The largest absolute Gasteiger partial charge is 0.419 e. The Morgan fingerprint density at radius 3 is 2.56 bits per heavy atom. The number of hydrogen-bond acceptors (Lipinski definition) is 2. The second-order valence-electron chi connectivity index (χ2n) is 4.19. The molecule has 0 fully saturated rings. The fourth-order valence-electron chi connectivity index (χ4n) is 1.23. The molecule has 0 amide bonds. The van der Waals surface area contributed by atoms with Crippen LogP contribution in [0.15, 0.2) is 16.7 Å². The lowest BCUT2D eigenvalue weighted by Gasteiger charge is -2.17. The minimum Gasteiger partial charge on any atom is -0.368 e. The topological polar surface area (TPSA) is 24.9 Å². The molecule has 18 heavy (non-hydrogen) atoms. The van der Waals surface area contributed by atoms with E-state index in [-0.39, 0.29) is 28.1 Å². The number of anilines is 1. The lowest BCUT2D eigenvalue weighted by molar-refractivity contribution is -0.137. The number of alkyl halides is 4. The van der Waals surface area contributed by atoms with Gasteiger partial charge in [-0.2, -0.15) is 13.2 Å². The molecular weight excluding hydrogens is 332 g/mol. The van der Waals surface area contributed by atoms with Crippen molar-refractivity contribution in [2.75, 3.05) is 11.9 Å². The fourth-order valence-corrected chi connectivity index (χ4v) is 1.63. The lowest BCUT2D eigenvalue weighted by atomic mass is 10.1. The van der Waals surface area contributed by atoms with Crippen LogP contribution in [0.2, 0.25) is 0 Å². The van der Waals surface area contributed by atoms with Gasteiger partial charge in [-0.05, 0) is 27.9 Å². The van der Waals surface area contributed by atoms with Crippen molar-refractivity contribution in [3.8, 4) is 0 Å². The molecule has 1 N–H and O–H groups in total. The van der Waals surface area contributed by atoms with Crippen LogP contribution in [0.1, 0.15) is 19.4 Å². The Morgan fingerprint density at radius 2 is 2.06 bits per heavy atom. The maximum atomic E-state index is 12.8. The zero-order valence-electron chi connectivity index (χ0n) is 9.85. The predicted molar refractivity (Wildman–Crippen MR) is 69.9 cm³/mol. The molecule has 0 aliphatic heterocycles. The van der Waals surface area contributed by atoms with Crippen LogP contribution in [0, 0.1) is 5.92 Å². The van der Waals surface area contributed by atoms with E-state index >= 15 is 0 Å². The second kappa shape index (κ2) is 6.10. The first kappa shape index (κ1) is 15.6. The molecule has 1 aromatic heterocycles. The summed E-state index contributed by atoms with van der Waals surface area (Å²) >= 11 is 8.96. The van der Waals surface area contributed by atoms with Crippen LogP contribution in [0.25, 0.3) is 0 Å². The van der Waals surface area contributed by atoms with Gasteiger partial charge in [0.15, 0.2) is 0 Å². The Bertz CT molecular complexity index is 410. The first-order chi connectivity index (χ1) is 8.21. The van der Waals surface area contributed by atoms with Crippen LogP contribution in [0.4, 0.5) is 19.0 Å². The van der Waals surface area contributed by atoms with Crippen molar-refractivity contribution in [1.82, 2.24) is 4.98 Å². The Hall–Kier alpha value is -0.490. The predicted octanol–water partition coefficient (Wildman–Crippen LogP) is 4.54. The van der Waals surface area contributed by atoms with Gasteiger partial charge in [-0.1, -0.05) is 13.8 Å². The molecule has 0 saturated heterocycles. The third-order valence-corrected chi connectivity index (χ3v) is 3.44. The molecule has 0 aliphatic rings. The van der Waals surface area contributed by atoms with E-state index in [0.717, 1.165) is 6.07 Å². The highest BCUT2D eigenvalue weighted by Crippen LogP contribution is 2.35. The normalized spacial score (nSPS) is 13.8. The highest BCUT2D eigenvalue weighted by atomic mass is 79.9. The van der Waals surface area contributed by atoms with Gasteiger partial charge < -0.3 is 5.32 Å². The SMILES string of the molecule is CC(C)C(Cl)CNc1ncc(Br)cc1C(F)(F)F. The monoisotopic (exact) mass is 344 g/mol. The van der Waals surface area contributed by atoms with Crippen LogP contribution >= 0.6 is 27.5 Å². The molecule has 0 aliphatic carbocycles. The quantitative estimate of drug-likeness (QED) is 0.811. The van der Waals surface area contributed by atoms with Crippen molar-refractivity contribution in [3.05, 3.63) is 22.3 Å². The van der Waals surface area contributed by atoms with Crippen molar-refractivity contribution in [2.24, 2.45) is 5.92 Å². The molecular formula is C11H13BrClF3N2. The molecule has 1 unspecified atom stereocenters. The smallest absolute Gasteiger partial charge is 0.368 e. The molecule has 0 aromatic carbocycles. The summed E-state index contributed by atoms with van der Waals surface area (Å²) in [5.74, 6) is -0.0269. The minimum atomic E-state index is -4.45. The van der Waals surface area contributed by atoms with E-state index < -0.39 is 11.7 Å². The number of nitrogens with one attached hydrogen (secondary N) is 1. The Balaban J connectivity index is 2.89. The van der Waals surface area contributed by atoms with E-state index in [1.807, 2.05) is 13.8 Å². The fraction of sp³-hybridized carbons (Fsp3) is 0.545. The number of pyridine rings is 1. The van der Waals surface area contributed by atoms with Crippen molar-refractivity contribution in [1.29, 1.82) is 0 Å². The zero-order chi connectivity index (χ0) is 13.9. The number of halogens is 5. The highest BCUT2D eigenvalue weighted by Gasteiger charge is 2.34. The van der Waals surface area contributed by atoms with Crippen molar-refractivity contribution in [3.63, 3.8) is 0 Å². The first-order valence-corrected chi connectivity index (χ1v) is 6.55. The van der Waals surface area contributed by atoms with Crippen LogP contribution in [0.3, 0.4) is 0 Å². The molecule has 0 spiro atoms. The summed E-state index contributed by atoms with van der Waals surface area (Å²) in [6.45, 7) is 4.04. The van der Waals surface area contributed by atoms with Gasteiger partial charge >= 0.3 is 6.18 Å². The van der Waals surface area contributed by atoms with Gasteiger partial charge in [0.05, 0.1) is 10.9 Å². The number of rotatable bonds is 4. The van der Waals surface area contributed by atoms with E-state index in [1.54, 1.807) is 0 Å². The Morgan fingerprint density at radius 1 is 1.44 bits per heavy atom. The molecule has 0 radical (unpaired) electrons. The highest BCUT2D eigenvalue weighted by molar-refractivity contribution is 9.10. The summed E-state index contributed by atoms with van der Waals surface area (Å²) in [5.41, 5.74) is -0.801. The standard InChI is InChI=1S/C11H13BrClF3N2/c1-6(2)9(13)5-18-10-8(11(14,15)16)3-7(12)4-17-10/h3-4,6,9H,5H2,1-2H3,(H,17,18). The van der Waals surface area contributed by atoms with E-state index in [0.29, 0.717) is 0 Å². The molecule has 0 bridgehead atoms. The summed E-state index contributed by atoms with van der Waals surface area (Å²) in [6, 6.07) is 0.994. The van der Waals surface area contributed by atoms with Gasteiger partial charge in [-0.25, -0.2) is 4.98 Å². The summed E-state index contributed by atoms with van der Waals surface area (Å²) in [4.78, 5) is 3.74. The number of aromatic nitrogens is 1. The molecule has 1 aromatic rings. The number of nitrogens with zero attached hydrogens (tertiary/aromatic N) is 1. The van der Waals surface area contributed by atoms with Crippen LogP contribution in [-0.2, 0) is 6.18 Å². The summed E-state index contributed by atoms with van der Waals surface area (Å²) in [5, 5.41) is 2.39. The maximum Gasteiger partial charge on any atom is 0.419 e. The van der Waals surface area contributed by atoms with E-state index in [2.05, 4.69) is 26.2 Å². The van der Waals surface area contributed by atoms with Crippen molar-refractivity contribution < 1.29 is 13.2 Å². The molecule has 7 heteroatoms. The van der Waals surface area contributed by atoms with Gasteiger partial charge in [-0.3, -0.25) is 0 Å². The molecule has 0 saturated carbocycles. The van der Waals surface area contributed by atoms with Crippen LogP contribution in [0.5, 0.6) is 0 Å². The Labute approximate surface area is 117 Å². The van der Waals surface area contributed by atoms with E-state index in [4.69, 9.17) is 11.6 Å². The van der Waals surface area contributed by atoms with Crippen molar-refractivity contribution >= 4 is 33.3 Å². The molecule has 1 atom stereocenters. The third kappa shape index (κ3) is 4.31. The maximum absolute atomic E-state index is 12.8. The summed E-state index contributed by atoms with van der Waals surface area (Å²) in [6.07, 6.45) is -3.13. The van der Waals surface area contributed by atoms with Gasteiger partial charge in [0.1, 0.15) is 5.82 Å². The summed E-state index contributed by atoms with van der Waals surface area (Å²) in [7, 11) is 0. The van der Waals surface area contributed by atoms with Gasteiger partial charge in [0.25, 0.3) is 0 Å². The average molecular weight is 346 g/mol.